The van der Waals surface area contributed by atoms with E-state index in [0.29, 0.717) is 32.5 Å². The lowest BCUT2D eigenvalue weighted by molar-refractivity contribution is -0.135. The van der Waals surface area contributed by atoms with E-state index in [1.165, 1.54) is 0 Å². The maximum absolute atomic E-state index is 12.3. The smallest absolute Gasteiger partial charge is 0.242 e. The van der Waals surface area contributed by atoms with Crippen molar-refractivity contribution in [3.8, 4) is 0 Å². The van der Waals surface area contributed by atoms with Crippen LogP contribution in [-0.2, 0) is 16.1 Å². The minimum Gasteiger partial charge on any atom is -0.340 e. The third-order valence-electron chi connectivity index (χ3n) is 3.71. The number of nitrogens with zero attached hydrogens (tertiary/aromatic N) is 2. The van der Waals surface area contributed by atoms with Crippen LogP contribution in [0, 0.1) is 0 Å². The number of carbonyl (C=O) groups is 2. The van der Waals surface area contributed by atoms with Gasteiger partial charge in [0.15, 0.2) is 0 Å². The molecular formula is C15H15BrN2O2. The van der Waals surface area contributed by atoms with Crippen LogP contribution in [0.25, 0.3) is 10.9 Å². The average molecular weight is 335 g/mol. The Bertz CT molecular complexity index is 668. The van der Waals surface area contributed by atoms with Gasteiger partial charge in [0, 0.05) is 47.5 Å². The number of Topliss-reactive ketones (excluding diaryl/α,β-unsaturated/α-hetero) is 1. The van der Waals surface area contributed by atoms with Crippen molar-refractivity contribution in [1.82, 2.24) is 9.47 Å². The minimum atomic E-state index is 0.0814. The third kappa shape index (κ3) is 2.63. The minimum absolute atomic E-state index is 0.0814. The number of piperidine rings is 1. The van der Waals surface area contributed by atoms with Crippen LogP contribution in [0.3, 0.4) is 0 Å². The molecule has 1 aromatic carbocycles. The van der Waals surface area contributed by atoms with Crippen molar-refractivity contribution in [1.29, 1.82) is 0 Å². The lowest BCUT2D eigenvalue weighted by Crippen LogP contribution is -2.40. The average Bonchev–Trinajstić information content (AvgIpc) is 2.81. The summed E-state index contributed by atoms with van der Waals surface area (Å²) < 4.78 is 2.99. The first kappa shape index (κ1) is 13.4. The highest BCUT2D eigenvalue weighted by Gasteiger charge is 2.21. The van der Waals surface area contributed by atoms with E-state index in [2.05, 4.69) is 15.9 Å². The number of hydrogen-bond acceptors (Lipinski definition) is 2. The molecule has 1 aliphatic heterocycles. The van der Waals surface area contributed by atoms with Crippen LogP contribution in [0.1, 0.15) is 12.8 Å². The van der Waals surface area contributed by atoms with Crippen LogP contribution in [0.15, 0.2) is 34.9 Å². The molecule has 0 spiro atoms. The van der Waals surface area contributed by atoms with Crippen LogP contribution >= 0.6 is 15.9 Å². The molecule has 1 saturated heterocycles. The Balaban J connectivity index is 1.76. The van der Waals surface area contributed by atoms with E-state index in [9.17, 15) is 9.59 Å². The van der Waals surface area contributed by atoms with E-state index in [4.69, 9.17) is 0 Å². The molecule has 2 heterocycles. The Morgan fingerprint density at radius 3 is 2.70 bits per heavy atom. The molecule has 104 valence electrons. The molecule has 20 heavy (non-hydrogen) atoms. The van der Waals surface area contributed by atoms with Gasteiger partial charge in [-0.1, -0.05) is 15.9 Å². The van der Waals surface area contributed by atoms with E-state index < -0.39 is 0 Å². The van der Waals surface area contributed by atoms with Crippen molar-refractivity contribution in [2.45, 2.75) is 19.4 Å². The van der Waals surface area contributed by atoms with E-state index >= 15 is 0 Å². The van der Waals surface area contributed by atoms with E-state index in [-0.39, 0.29) is 11.7 Å². The zero-order valence-electron chi connectivity index (χ0n) is 11.0. The number of rotatable bonds is 2. The summed E-state index contributed by atoms with van der Waals surface area (Å²) in [6.07, 6.45) is 2.92. The molecule has 1 amide bonds. The molecule has 0 unspecified atom stereocenters. The Hall–Kier alpha value is -1.62. The van der Waals surface area contributed by atoms with Crippen LogP contribution < -0.4 is 0 Å². The molecule has 1 fully saturated rings. The third-order valence-corrected chi connectivity index (χ3v) is 4.21. The normalized spacial score (nSPS) is 15.8. The van der Waals surface area contributed by atoms with Gasteiger partial charge in [-0.05, 0) is 24.3 Å². The van der Waals surface area contributed by atoms with Gasteiger partial charge in [-0.2, -0.15) is 0 Å². The fourth-order valence-electron chi connectivity index (χ4n) is 2.56. The van der Waals surface area contributed by atoms with Gasteiger partial charge in [0.1, 0.15) is 12.3 Å². The number of hydrogen-bond donors (Lipinski definition) is 0. The fourth-order valence-corrected chi connectivity index (χ4v) is 2.94. The Morgan fingerprint density at radius 1 is 1.20 bits per heavy atom. The summed E-state index contributed by atoms with van der Waals surface area (Å²) in [6, 6.07) is 8.03. The van der Waals surface area contributed by atoms with Gasteiger partial charge in [-0.15, -0.1) is 0 Å². The highest BCUT2D eigenvalue weighted by molar-refractivity contribution is 9.10. The van der Waals surface area contributed by atoms with Crippen molar-refractivity contribution in [3.05, 3.63) is 34.9 Å². The van der Waals surface area contributed by atoms with Gasteiger partial charge in [-0.3, -0.25) is 9.59 Å². The molecule has 1 aliphatic rings. The maximum Gasteiger partial charge on any atom is 0.242 e. The number of amides is 1. The van der Waals surface area contributed by atoms with Crippen LogP contribution in [0.5, 0.6) is 0 Å². The second-order valence-corrected chi connectivity index (χ2v) is 5.98. The molecule has 5 heteroatoms. The maximum atomic E-state index is 12.3. The first-order valence-electron chi connectivity index (χ1n) is 6.67. The predicted octanol–water partition coefficient (Wildman–Crippen LogP) is 2.60. The summed E-state index contributed by atoms with van der Waals surface area (Å²) in [5.74, 6) is 0.336. The number of fused-ring (bicyclic) bond motifs is 1. The molecule has 0 aliphatic carbocycles. The predicted molar refractivity (Wildman–Crippen MR) is 80.5 cm³/mol. The summed E-state index contributed by atoms with van der Waals surface area (Å²) in [5.41, 5.74) is 1.05. The lowest BCUT2D eigenvalue weighted by Gasteiger charge is -2.26. The first-order chi connectivity index (χ1) is 9.63. The van der Waals surface area contributed by atoms with Crippen LogP contribution in [0.4, 0.5) is 0 Å². The molecule has 0 radical (unpaired) electrons. The standard InChI is InChI=1S/C15H15BrN2O2/c16-12-1-2-14-11(9-12)3-6-18(14)10-15(20)17-7-4-13(19)5-8-17/h1-3,6,9H,4-5,7-8,10H2. The van der Waals surface area contributed by atoms with Crippen molar-refractivity contribution in [2.24, 2.45) is 0 Å². The second kappa shape index (κ2) is 5.40. The Morgan fingerprint density at radius 2 is 1.95 bits per heavy atom. The summed E-state index contributed by atoms with van der Waals surface area (Å²) in [5, 5.41) is 1.11. The van der Waals surface area contributed by atoms with E-state index in [1.807, 2.05) is 35.0 Å². The summed E-state index contributed by atoms with van der Waals surface area (Å²) in [7, 11) is 0. The highest BCUT2D eigenvalue weighted by Crippen LogP contribution is 2.21. The van der Waals surface area contributed by atoms with Crippen molar-refractivity contribution in [3.63, 3.8) is 0 Å². The van der Waals surface area contributed by atoms with Crippen molar-refractivity contribution in [2.75, 3.05) is 13.1 Å². The number of ketones is 1. The molecule has 0 N–H and O–H groups in total. The zero-order chi connectivity index (χ0) is 14.1. The van der Waals surface area contributed by atoms with Crippen LogP contribution in [-0.4, -0.2) is 34.2 Å². The Kier molecular flexibility index (Phi) is 3.61. The fraction of sp³-hybridized carbons (Fsp3) is 0.333. The second-order valence-electron chi connectivity index (χ2n) is 5.07. The van der Waals surface area contributed by atoms with Gasteiger partial charge in [-0.25, -0.2) is 0 Å². The zero-order valence-corrected chi connectivity index (χ0v) is 12.6. The van der Waals surface area contributed by atoms with Gasteiger partial charge < -0.3 is 9.47 Å². The largest absolute Gasteiger partial charge is 0.340 e. The van der Waals surface area contributed by atoms with Crippen LogP contribution in [0.2, 0.25) is 0 Å². The highest BCUT2D eigenvalue weighted by atomic mass is 79.9. The molecule has 1 aromatic heterocycles. The summed E-state index contributed by atoms with van der Waals surface area (Å²) in [4.78, 5) is 25.3. The number of benzene rings is 1. The number of likely N-dealkylation sites (tertiary alicyclic amines) is 1. The SMILES string of the molecule is O=C1CCN(C(=O)Cn2ccc3cc(Br)ccc32)CC1. The number of halogens is 1. The van der Waals surface area contributed by atoms with Gasteiger partial charge in [0.2, 0.25) is 5.91 Å². The topological polar surface area (TPSA) is 42.3 Å². The lowest BCUT2D eigenvalue weighted by atomic mass is 10.1. The molecule has 2 aromatic rings. The molecule has 3 rings (SSSR count). The van der Waals surface area contributed by atoms with Crippen molar-refractivity contribution >= 4 is 38.5 Å². The van der Waals surface area contributed by atoms with E-state index in [0.717, 1.165) is 15.4 Å². The van der Waals surface area contributed by atoms with E-state index in [1.54, 1.807) is 4.90 Å². The monoisotopic (exact) mass is 334 g/mol. The quantitative estimate of drug-likeness (QED) is 0.847. The molecule has 0 saturated carbocycles. The number of carbonyl (C=O) groups excluding carboxylic acids is 2. The molecule has 0 bridgehead atoms. The molecular weight excluding hydrogens is 320 g/mol. The van der Waals surface area contributed by atoms with Crippen molar-refractivity contribution < 1.29 is 9.59 Å². The summed E-state index contributed by atoms with van der Waals surface area (Å²) in [6.45, 7) is 1.45. The molecule has 4 nitrogen and oxygen atoms in total. The van der Waals surface area contributed by atoms with Gasteiger partial charge in [0.05, 0.1) is 0 Å². The molecule has 0 atom stereocenters. The van der Waals surface area contributed by atoms with Gasteiger partial charge >= 0.3 is 0 Å². The Labute approximate surface area is 125 Å². The summed E-state index contributed by atoms with van der Waals surface area (Å²) >= 11 is 3.44. The number of aromatic nitrogens is 1. The first-order valence-corrected chi connectivity index (χ1v) is 7.47. The van der Waals surface area contributed by atoms with Gasteiger partial charge in [0.25, 0.3) is 0 Å².